The molecule has 2 heterocycles. The molecule has 9 heteroatoms. The van der Waals surface area contributed by atoms with Crippen LogP contribution < -0.4 is 10.6 Å². The molecule has 0 atom stereocenters. The second-order valence-electron chi connectivity index (χ2n) is 5.18. The van der Waals surface area contributed by atoms with Crippen LogP contribution in [-0.4, -0.2) is 28.6 Å². The minimum Gasteiger partial charge on any atom is -0.357 e. The van der Waals surface area contributed by atoms with Crippen LogP contribution in [0, 0.1) is 0 Å². The molecule has 0 saturated heterocycles. The van der Waals surface area contributed by atoms with E-state index in [4.69, 9.17) is 0 Å². The van der Waals surface area contributed by atoms with E-state index in [2.05, 4.69) is 20.6 Å². The largest absolute Gasteiger partial charge is 0.434 e. The Morgan fingerprint density at radius 2 is 2.17 bits per heavy atom. The highest BCUT2D eigenvalue weighted by atomic mass is 32.1. The van der Waals surface area contributed by atoms with Gasteiger partial charge in [0.05, 0.1) is 11.6 Å². The van der Waals surface area contributed by atoms with Gasteiger partial charge in [-0.25, -0.2) is 9.98 Å². The third kappa shape index (κ3) is 5.55. The Morgan fingerprint density at radius 3 is 2.75 bits per heavy atom. The van der Waals surface area contributed by atoms with Gasteiger partial charge in [0.2, 0.25) is 0 Å². The second-order valence-corrected chi connectivity index (χ2v) is 6.12. The number of nitrogens with zero attached hydrogens (tertiary/aromatic N) is 3. The van der Waals surface area contributed by atoms with E-state index in [1.54, 1.807) is 0 Å². The Bertz CT molecular complexity index is 675. The van der Waals surface area contributed by atoms with Crippen molar-refractivity contribution in [2.45, 2.75) is 26.1 Å². The van der Waals surface area contributed by atoms with E-state index < -0.39 is 11.9 Å². The summed E-state index contributed by atoms with van der Waals surface area (Å²) in [4.78, 5) is 8.07. The number of aliphatic imine (C=N–C) groups is 1. The molecule has 0 radical (unpaired) electrons. The molecule has 0 aliphatic heterocycles. The fraction of sp³-hybridized carbons (Fsp3) is 0.467. The molecule has 0 unspecified atom stereocenters. The van der Waals surface area contributed by atoms with Crippen molar-refractivity contribution in [1.82, 2.24) is 20.2 Å². The van der Waals surface area contributed by atoms with E-state index in [-0.39, 0.29) is 0 Å². The minimum absolute atomic E-state index is 0.413. The normalized spacial score (nSPS) is 12.5. The van der Waals surface area contributed by atoms with Gasteiger partial charge in [0.25, 0.3) is 0 Å². The number of nitrogens with one attached hydrogen (secondary N) is 2. The summed E-state index contributed by atoms with van der Waals surface area (Å²) in [6.07, 6.45) is -0.0298. The molecule has 5 nitrogen and oxygen atoms in total. The van der Waals surface area contributed by atoms with Crippen LogP contribution in [0.5, 0.6) is 0 Å². The van der Waals surface area contributed by atoms with E-state index in [0.717, 1.165) is 22.3 Å². The zero-order valence-corrected chi connectivity index (χ0v) is 14.3. The van der Waals surface area contributed by atoms with Crippen molar-refractivity contribution < 1.29 is 13.2 Å². The van der Waals surface area contributed by atoms with Crippen LogP contribution in [-0.2, 0) is 26.2 Å². The number of aryl methyl sites for hydroxylation is 1. The topological polar surface area (TPSA) is 54.2 Å². The second kappa shape index (κ2) is 8.18. The third-order valence-corrected chi connectivity index (χ3v) is 4.04. The first-order valence-corrected chi connectivity index (χ1v) is 8.41. The fourth-order valence-corrected chi connectivity index (χ4v) is 2.82. The van der Waals surface area contributed by atoms with E-state index in [1.807, 2.05) is 37.0 Å². The van der Waals surface area contributed by atoms with Gasteiger partial charge in [0.1, 0.15) is 0 Å². The van der Waals surface area contributed by atoms with Gasteiger partial charge < -0.3 is 15.2 Å². The summed E-state index contributed by atoms with van der Waals surface area (Å²) in [6, 6.07) is 1.99. The first-order valence-electron chi connectivity index (χ1n) is 7.53. The number of halogens is 3. The van der Waals surface area contributed by atoms with E-state index >= 15 is 0 Å². The van der Waals surface area contributed by atoms with Crippen molar-refractivity contribution in [3.05, 3.63) is 40.1 Å². The van der Waals surface area contributed by atoms with Gasteiger partial charge in [-0.1, -0.05) is 0 Å². The molecule has 0 aliphatic rings. The molecule has 132 valence electrons. The Balaban J connectivity index is 1.85. The van der Waals surface area contributed by atoms with Crippen LogP contribution >= 0.6 is 11.3 Å². The molecule has 2 rings (SSSR count). The summed E-state index contributed by atoms with van der Waals surface area (Å²) in [5, 5.41) is 7.72. The van der Waals surface area contributed by atoms with Gasteiger partial charge in [0.15, 0.2) is 11.7 Å². The highest BCUT2D eigenvalue weighted by molar-refractivity contribution is 7.09. The zero-order chi connectivity index (χ0) is 17.6. The maximum absolute atomic E-state index is 12.5. The summed E-state index contributed by atoms with van der Waals surface area (Å²) in [5.41, 5.74) is 0.261. The Morgan fingerprint density at radius 1 is 1.38 bits per heavy atom. The number of hydrogen-bond acceptors (Lipinski definition) is 3. The first kappa shape index (κ1) is 18.3. The summed E-state index contributed by atoms with van der Waals surface area (Å²) < 4.78 is 39.5. The molecule has 0 amide bonds. The van der Waals surface area contributed by atoms with Crippen molar-refractivity contribution in [3.8, 4) is 0 Å². The van der Waals surface area contributed by atoms with E-state index in [9.17, 15) is 13.2 Å². The van der Waals surface area contributed by atoms with Gasteiger partial charge in [-0.3, -0.25) is 0 Å². The SMILES string of the molecule is CCNC(=NCc1ccn(C)c1)NCCc1nc(C(F)(F)F)cs1. The maximum atomic E-state index is 12.5. The first-order chi connectivity index (χ1) is 11.4. The number of aromatic nitrogens is 2. The lowest BCUT2D eigenvalue weighted by Gasteiger charge is -2.10. The number of guanidine groups is 1. The standard InChI is InChI=1S/C15H20F3N5S/c1-3-19-14(21-8-11-5-7-23(2)9-11)20-6-4-13-22-12(10-24-13)15(16,17)18/h5,7,9-10H,3-4,6,8H2,1-2H3,(H2,19,20,21). The van der Waals surface area contributed by atoms with Gasteiger partial charge in [-0.2, -0.15) is 13.2 Å². The highest BCUT2D eigenvalue weighted by Crippen LogP contribution is 2.29. The summed E-state index contributed by atoms with van der Waals surface area (Å²) in [7, 11) is 1.94. The van der Waals surface area contributed by atoms with Crippen LogP contribution in [0.3, 0.4) is 0 Å². The summed E-state index contributed by atoms with van der Waals surface area (Å²) in [6.45, 7) is 3.66. The van der Waals surface area contributed by atoms with Crippen molar-refractivity contribution in [2.75, 3.05) is 13.1 Å². The molecule has 2 N–H and O–H groups in total. The molecule has 0 spiro atoms. The van der Waals surface area contributed by atoms with E-state index in [1.165, 1.54) is 0 Å². The van der Waals surface area contributed by atoms with Crippen LogP contribution in [0.25, 0.3) is 0 Å². The zero-order valence-electron chi connectivity index (χ0n) is 13.5. The minimum atomic E-state index is -4.38. The van der Waals surface area contributed by atoms with Gasteiger partial charge >= 0.3 is 6.18 Å². The molecule has 0 bridgehead atoms. The molecule has 2 aromatic rings. The number of alkyl halides is 3. The van der Waals surface area contributed by atoms with Gasteiger partial charge in [0, 0.05) is 44.3 Å². The monoisotopic (exact) mass is 359 g/mol. The molecule has 0 aromatic carbocycles. The summed E-state index contributed by atoms with van der Waals surface area (Å²) in [5.74, 6) is 0.633. The average Bonchev–Trinajstić information content (AvgIpc) is 3.13. The van der Waals surface area contributed by atoms with Gasteiger partial charge in [-0.05, 0) is 18.6 Å². The highest BCUT2D eigenvalue weighted by Gasteiger charge is 2.33. The molecular formula is C15H20F3N5S. The van der Waals surface area contributed by atoms with Crippen molar-refractivity contribution in [2.24, 2.45) is 12.0 Å². The fourth-order valence-electron chi connectivity index (χ4n) is 2.01. The molecule has 0 saturated carbocycles. The maximum Gasteiger partial charge on any atom is 0.434 e. The number of rotatable bonds is 6. The lowest BCUT2D eigenvalue weighted by Crippen LogP contribution is -2.38. The lowest BCUT2D eigenvalue weighted by atomic mass is 10.3. The summed E-state index contributed by atoms with van der Waals surface area (Å²) >= 11 is 1.02. The third-order valence-electron chi connectivity index (χ3n) is 3.13. The van der Waals surface area contributed by atoms with Gasteiger partial charge in [-0.15, -0.1) is 11.3 Å². The molecular weight excluding hydrogens is 339 g/mol. The quantitative estimate of drug-likeness (QED) is 0.616. The van der Waals surface area contributed by atoms with Crippen LogP contribution in [0.4, 0.5) is 13.2 Å². The molecule has 24 heavy (non-hydrogen) atoms. The van der Waals surface area contributed by atoms with Crippen molar-refractivity contribution >= 4 is 17.3 Å². The van der Waals surface area contributed by atoms with Crippen LogP contribution in [0.15, 0.2) is 28.8 Å². The Labute approximate surface area is 142 Å². The van der Waals surface area contributed by atoms with Crippen molar-refractivity contribution in [1.29, 1.82) is 0 Å². The smallest absolute Gasteiger partial charge is 0.357 e. The number of hydrogen-bond donors (Lipinski definition) is 2. The molecule has 2 aromatic heterocycles. The number of thiazole rings is 1. The predicted octanol–water partition coefficient (Wildman–Crippen LogP) is 2.80. The Hall–Kier alpha value is -2.03. The Kier molecular flexibility index (Phi) is 6.24. The molecule has 0 fully saturated rings. The predicted molar refractivity (Wildman–Crippen MR) is 89.1 cm³/mol. The average molecular weight is 359 g/mol. The molecule has 0 aliphatic carbocycles. The van der Waals surface area contributed by atoms with Crippen LogP contribution in [0.2, 0.25) is 0 Å². The lowest BCUT2D eigenvalue weighted by molar-refractivity contribution is -0.140. The van der Waals surface area contributed by atoms with Crippen LogP contribution in [0.1, 0.15) is 23.2 Å². The van der Waals surface area contributed by atoms with E-state index in [0.29, 0.717) is 37.0 Å². The van der Waals surface area contributed by atoms with Crippen molar-refractivity contribution in [3.63, 3.8) is 0 Å².